The van der Waals surface area contributed by atoms with Crippen molar-refractivity contribution in [3.05, 3.63) is 46.1 Å². The summed E-state index contributed by atoms with van der Waals surface area (Å²) in [4.78, 5) is 51.0. The first-order chi connectivity index (χ1) is 13.7. The van der Waals surface area contributed by atoms with Crippen molar-refractivity contribution < 1.29 is 23.9 Å². The molecule has 0 aromatic heterocycles. The van der Waals surface area contributed by atoms with Crippen LogP contribution in [0.15, 0.2) is 35.5 Å². The number of urea groups is 2. The van der Waals surface area contributed by atoms with Crippen molar-refractivity contribution in [2.24, 2.45) is 0 Å². The third kappa shape index (κ3) is 3.65. The van der Waals surface area contributed by atoms with Gasteiger partial charge in [-0.3, -0.25) is 9.69 Å². The summed E-state index contributed by atoms with van der Waals surface area (Å²) in [7, 11) is 0. The molecular weight excluding hydrogens is 400 g/mol. The molecule has 9 nitrogen and oxygen atoms in total. The Morgan fingerprint density at radius 3 is 2.62 bits per heavy atom. The van der Waals surface area contributed by atoms with E-state index in [0.717, 1.165) is 4.90 Å². The number of esters is 1. The van der Waals surface area contributed by atoms with Crippen LogP contribution in [0.2, 0.25) is 5.02 Å². The molecule has 1 aromatic rings. The Balaban J connectivity index is 1.96. The van der Waals surface area contributed by atoms with Gasteiger partial charge in [0, 0.05) is 10.6 Å². The molecule has 0 aliphatic carbocycles. The Bertz CT molecular complexity index is 931. The molecule has 0 radical (unpaired) electrons. The Hall–Kier alpha value is -3.07. The first-order valence-electron chi connectivity index (χ1n) is 9.05. The maximum absolute atomic E-state index is 13.1. The van der Waals surface area contributed by atoms with Crippen LogP contribution in [0.5, 0.6) is 0 Å². The number of carbonyl (C=O) groups is 4. The third-order valence-corrected chi connectivity index (χ3v) is 5.20. The molecule has 1 fully saturated rings. The van der Waals surface area contributed by atoms with Crippen LogP contribution in [-0.2, 0) is 19.9 Å². The number of halogens is 1. The number of ether oxygens (including phenoxy) is 1. The molecule has 0 spiro atoms. The zero-order chi connectivity index (χ0) is 21.3. The second-order valence-electron chi connectivity index (χ2n) is 6.86. The van der Waals surface area contributed by atoms with Gasteiger partial charge in [-0.25, -0.2) is 14.4 Å². The summed E-state index contributed by atoms with van der Waals surface area (Å²) in [6.07, 6.45) is 0. The van der Waals surface area contributed by atoms with E-state index in [-0.39, 0.29) is 24.4 Å². The number of benzene rings is 1. The third-order valence-electron chi connectivity index (χ3n) is 4.87. The van der Waals surface area contributed by atoms with E-state index in [2.05, 4.69) is 16.0 Å². The molecule has 0 bridgehead atoms. The average molecular weight is 421 g/mol. The molecule has 10 heteroatoms. The number of imide groups is 1. The normalized spacial score (nSPS) is 24.2. The number of carbonyl (C=O) groups excluding carboxylic acids is 4. The van der Waals surface area contributed by atoms with Gasteiger partial charge in [0.1, 0.15) is 5.54 Å². The lowest BCUT2D eigenvalue weighted by Crippen LogP contribution is -2.52. The minimum atomic E-state index is -1.37. The highest BCUT2D eigenvalue weighted by molar-refractivity contribution is 6.32. The second kappa shape index (κ2) is 7.75. The molecule has 5 amide bonds. The summed E-state index contributed by atoms with van der Waals surface area (Å²) >= 11 is 6.23. The van der Waals surface area contributed by atoms with Crippen molar-refractivity contribution in [3.8, 4) is 0 Å². The number of hydrogen-bond acceptors (Lipinski definition) is 5. The van der Waals surface area contributed by atoms with Crippen LogP contribution in [0.1, 0.15) is 26.3 Å². The molecular formula is C19H21ClN4O5. The average Bonchev–Trinajstić information content (AvgIpc) is 2.85. The molecule has 2 aliphatic heterocycles. The lowest BCUT2D eigenvalue weighted by atomic mass is 9.92. The van der Waals surface area contributed by atoms with Gasteiger partial charge in [-0.2, -0.15) is 0 Å². The van der Waals surface area contributed by atoms with Crippen molar-refractivity contribution in [1.82, 2.24) is 20.9 Å². The molecule has 3 N–H and O–H groups in total. The maximum atomic E-state index is 13.1. The van der Waals surface area contributed by atoms with E-state index < -0.39 is 35.5 Å². The minimum Gasteiger partial charge on any atom is -0.463 e. The van der Waals surface area contributed by atoms with Crippen LogP contribution in [0.3, 0.4) is 0 Å². The van der Waals surface area contributed by atoms with Crippen molar-refractivity contribution in [2.75, 3.05) is 13.2 Å². The molecule has 29 heavy (non-hydrogen) atoms. The Labute approximate surface area is 172 Å². The fourth-order valence-electron chi connectivity index (χ4n) is 3.45. The molecule has 2 heterocycles. The SMILES string of the molecule is CCOC(=O)C1=C(CN2C(=O)NC(C)(c3ccccc3Cl)C2=O)NC(=O)NC1C. The lowest BCUT2D eigenvalue weighted by Gasteiger charge is -2.28. The number of nitrogens with one attached hydrogen (secondary N) is 3. The molecule has 0 saturated carbocycles. The predicted octanol–water partition coefficient (Wildman–Crippen LogP) is 1.63. The Morgan fingerprint density at radius 2 is 1.97 bits per heavy atom. The van der Waals surface area contributed by atoms with Crippen LogP contribution in [0.25, 0.3) is 0 Å². The summed E-state index contributed by atoms with van der Waals surface area (Å²) in [6.45, 7) is 4.67. The fourth-order valence-corrected chi connectivity index (χ4v) is 3.78. The lowest BCUT2D eigenvalue weighted by molar-refractivity contribution is -0.139. The van der Waals surface area contributed by atoms with Crippen LogP contribution < -0.4 is 16.0 Å². The Morgan fingerprint density at radius 1 is 1.28 bits per heavy atom. The zero-order valence-corrected chi connectivity index (χ0v) is 16.9. The van der Waals surface area contributed by atoms with Gasteiger partial charge in [-0.05, 0) is 26.8 Å². The number of nitrogens with zero attached hydrogens (tertiary/aromatic N) is 1. The molecule has 154 valence electrons. The van der Waals surface area contributed by atoms with E-state index >= 15 is 0 Å². The van der Waals surface area contributed by atoms with Crippen molar-refractivity contribution in [3.63, 3.8) is 0 Å². The highest BCUT2D eigenvalue weighted by atomic mass is 35.5. The minimum absolute atomic E-state index is 0.131. The first-order valence-corrected chi connectivity index (χ1v) is 9.43. The molecule has 1 saturated heterocycles. The van der Waals surface area contributed by atoms with E-state index in [1.165, 1.54) is 0 Å². The van der Waals surface area contributed by atoms with E-state index in [1.54, 1.807) is 45.0 Å². The largest absolute Gasteiger partial charge is 0.463 e. The van der Waals surface area contributed by atoms with Crippen molar-refractivity contribution in [1.29, 1.82) is 0 Å². The second-order valence-corrected chi connectivity index (χ2v) is 7.27. The van der Waals surface area contributed by atoms with E-state index in [0.29, 0.717) is 10.6 Å². The van der Waals surface area contributed by atoms with Gasteiger partial charge in [0.15, 0.2) is 0 Å². The number of hydrogen-bond donors (Lipinski definition) is 3. The highest BCUT2D eigenvalue weighted by Crippen LogP contribution is 2.34. The van der Waals surface area contributed by atoms with Crippen LogP contribution in [0, 0.1) is 0 Å². The quantitative estimate of drug-likeness (QED) is 0.494. The molecule has 2 aliphatic rings. The van der Waals surface area contributed by atoms with Gasteiger partial charge in [0.25, 0.3) is 5.91 Å². The molecule has 3 rings (SSSR count). The molecule has 2 unspecified atom stereocenters. The number of rotatable bonds is 5. The summed E-state index contributed by atoms with van der Waals surface area (Å²) in [5, 5.41) is 8.07. The first kappa shape index (κ1) is 20.7. The monoisotopic (exact) mass is 420 g/mol. The zero-order valence-electron chi connectivity index (χ0n) is 16.2. The summed E-state index contributed by atoms with van der Waals surface area (Å²) < 4.78 is 5.05. The standard InChI is InChI=1S/C19H21ClN4O5/c1-4-29-15(25)14-10(2)21-17(27)22-13(14)9-24-16(26)19(3,23-18(24)28)11-7-5-6-8-12(11)20/h5-8,10H,4,9H2,1-3H3,(H,23,28)(H2,21,22,27). The van der Waals surface area contributed by atoms with Crippen LogP contribution in [0.4, 0.5) is 9.59 Å². The molecule has 1 aromatic carbocycles. The van der Waals surface area contributed by atoms with Crippen LogP contribution in [-0.4, -0.2) is 48.0 Å². The smallest absolute Gasteiger partial charge is 0.337 e. The van der Waals surface area contributed by atoms with Gasteiger partial charge in [-0.15, -0.1) is 0 Å². The van der Waals surface area contributed by atoms with Crippen molar-refractivity contribution >= 4 is 35.5 Å². The summed E-state index contributed by atoms with van der Waals surface area (Å²) in [6, 6.07) is 4.87. The number of amides is 5. The maximum Gasteiger partial charge on any atom is 0.337 e. The van der Waals surface area contributed by atoms with Crippen LogP contribution >= 0.6 is 11.6 Å². The fraction of sp³-hybridized carbons (Fsp3) is 0.368. The summed E-state index contributed by atoms with van der Waals surface area (Å²) in [5.41, 5.74) is -0.641. The van der Waals surface area contributed by atoms with Crippen molar-refractivity contribution in [2.45, 2.75) is 32.4 Å². The van der Waals surface area contributed by atoms with E-state index in [9.17, 15) is 19.2 Å². The predicted molar refractivity (Wildman–Crippen MR) is 104 cm³/mol. The van der Waals surface area contributed by atoms with Gasteiger partial charge in [-0.1, -0.05) is 29.8 Å². The topological polar surface area (TPSA) is 117 Å². The van der Waals surface area contributed by atoms with E-state index in [4.69, 9.17) is 16.3 Å². The summed E-state index contributed by atoms with van der Waals surface area (Å²) in [5.74, 6) is -1.19. The molecule has 2 atom stereocenters. The Kier molecular flexibility index (Phi) is 5.52. The van der Waals surface area contributed by atoms with E-state index in [1.807, 2.05) is 0 Å². The van der Waals surface area contributed by atoms with Gasteiger partial charge in [0.2, 0.25) is 0 Å². The van der Waals surface area contributed by atoms with Gasteiger partial charge in [0.05, 0.1) is 30.5 Å². The van der Waals surface area contributed by atoms with Gasteiger partial charge < -0.3 is 20.7 Å². The highest BCUT2D eigenvalue weighted by Gasteiger charge is 2.50. The van der Waals surface area contributed by atoms with Gasteiger partial charge >= 0.3 is 18.0 Å².